The van der Waals surface area contributed by atoms with E-state index in [4.69, 9.17) is 4.42 Å². The molecule has 0 atom stereocenters. The van der Waals surface area contributed by atoms with Crippen LogP contribution in [0.15, 0.2) is 150 Å². The van der Waals surface area contributed by atoms with Gasteiger partial charge in [0.15, 0.2) is 0 Å². The number of aryl methyl sites for hydroxylation is 1. The van der Waals surface area contributed by atoms with Crippen molar-refractivity contribution in [3.63, 3.8) is 0 Å². The van der Waals surface area contributed by atoms with Crippen LogP contribution < -0.4 is 0 Å². The van der Waals surface area contributed by atoms with Gasteiger partial charge in [0.05, 0.1) is 0 Å². The molecular weight excluding hydrogens is 715 g/mol. The number of para-hydroxylation sites is 4. The lowest BCUT2D eigenvalue weighted by atomic mass is 10.1. The molecular formula is C57H83NO. The van der Waals surface area contributed by atoms with Gasteiger partial charge < -0.3 is 8.98 Å². The molecule has 8 aromatic rings. The SMILES string of the molecule is CC.CC.CC.CC.CC.CC.CCC.CCC.CCn1c2ccccc2c2ccccc21.c1ccc2c(c1)Cc1ccccc1-2.c1ccc2c(c1)oc1ccccc12. The number of benzene rings is 6. The summed E-state index contributed by atoms with van der Waals surface area (Å²) in [5.41, 5.74) is 10.3. The van der Waals surface area contributed by atoms with Crippen molar-refractivity contribution in [2.75, 3.05) is 0 Å². The van der Waals surface area contributed by atoms with E-state index in [1.165, 1.54) is 67.7 Å². The summed E-state index contributed by atoms with van der Waals surface area (Å²) in [6.45, 7) is 35.7. The fourth-order valence-electron chi connectivity index (χ4n) is 6.10. The number of aromatic nitrogens is 1. The third-order valence-electron chi connectivity index (χ3n) is 7.99. The lowest BCUT2D eigenvalue weighted by molar-refractivity contribution is 0.669. The van der Waals surface area contributed by atoms with E-state index in [1.54, 1.807) is 0 Å². The number of nitrogens with zero attached hydrogens (tertiary/aromatic N) is 1. The van der Waals surface area contributed by atoms with Gasteiger partial charge in [-0.3, -0.25) is 0 Å². The lowest BCUT2D eigenvalue weighted by Crippen LogP contribution is -1.91. The van der Waals surface area contributed by atoms with Crippen molar-refractivity contribution < 1.29 is 4.42 Å². The first kappa shape index (κ1) is 56.0. The van der Waals surface area contributed by atoms with E-state index in [2.05, 4.69) is 148 Å². The highest BCUT2D eigenvalue weighted by atomic mass is 16.3. The first-order valence-electron chi connectivity index (χ1n) is 23.1. The molecule has 9 rings (SSSR count). The van der Waals surface area contributed by atoms with E-state index in [-0.39, 0.29) is 0 Å². The van der Waals surface area contributed by atoms with Crippen molar-refractivity contribution in [3.05, 3.63) is 157 Å². The van der Waals surface area contributed by atoms with Gasteiger partial charge in [-0.1, -0.05) is 245 Å². The summed E-state index contributed by atoms with van der Waals surface area (Å²) in [5, 5.41) is 5.10. The number of hydrogen-bond acceptors (Lipinski definition) is 1. The Kier molecular flexibility index (Phi) is 34.2. The van der Waals surface area contributed by atoms with E-state index in [1.807, 2.05) is 119 Å². The molecule has 0 aliphatic heterocycles. The molecule has 0 N–H and O–H groups in total. The van der Waals surface area contributed by atoms with Crippen molar-refractivity contribution in [2.24, 2.45) is 0 Å². The third-order valence-corrected chi connectivity index (χ3v) is 7.99. The maximum Gasteiger partial charge on any atom is 0.135 e. The van der Waals surface area contributed by atoms with Crippen LogP contribution in [-0.4, -0.2) is 4.57 Å². The maximum absolute atomic E-state index is 5.65. The van der Waals surface area contributed by atoms with Crippen molar-refractivity contribution >= 4 is 43.7 Å². The molecule has 6 aromatic carbocycles. The Morgan fingerprint density at radius 2 is 0.627 bits per heavy atom. The highest BCUT2D eigenvalue weighted by Crippen LogP contribution is 2.35. The zero-order chi connectivity index (χ0) is 45.0. The minimum Gasteiger partial charge on any atom is -0.456 e. The molecule has 1 aliphatic carbocycles. The molecule has 0 saturated carbocycles. The molecule has 2 heterocycles. The van der Waals surface area contributed by atoms with E-state index in [9.17, 15) is 0 Å². The second kappa shape index (κ2) is 36.0. The van der Waals surface area contributed by atoms with Crippen molar-refractivity contribution in [1.82, 2.24) is 4.57 Å². The van der Waals surface area contributed by atoms with Crippen LogP contribution in [0.1, 0.15) is 142 Å². The normalized spacial score (nSPS) is 9.24. The van der Waals surface area contributed by atoms with Crippen molar-refractivity contribution in [3.8, 4) is 11.1 Å². The van der Waals surface area contributed by atoms with E-state index < -0.39 is 0 Å². The van der Waals surface area contributed by atoms with Crippen LogP contribution >= 0.6 is 0 Å². The van der Waals surface area contributed by atoms with Crippen molar-refractivity contribution in [2.45, 2.75) is 144 Å². The largest absolute Gasteiger partial charge is 0.456 e. The summed E-state index contributed by atoms with van der Waals surface area (Å²) in [6, 6.07) is 50.7. The van der Waals surface area contributed by atoms with Crippen LogP contribution in [0.3, 0.4) is 0 Å². The highest BCUT2D eigenvalue weighted by molar-refractivity contribution is 6.08. The van der Waals surface area contributed by atoms with Gasteiger partial charge >= 0.3 is 0 Å². The fraction of sp³-hybridized carbons (Fsp3) is 0.368. The quantitative estimate of drug-likeness (QED) is 0.162. The fourth-order valence-corrected chi connectivity index (χ4v) is 6.10. The minimum atomic E-state index is 0.962. The predicted molar refractivity (Wildman–Crippen MR) is 274 cm³/mol. The first-order chi connectivity index (χ1) is 29.1. The molecule has 1 aliphatic rings. The Bertz CT molecular complexity index is 2010. The predicted octanol–water partition coefficient (Wildman–Crippen LogP) is 19.6. The summed E-state index contributed by atoms with van der Waals surface area (Å²) < 4.78 is 8.02. The summed E-state index contributed by atoms with van der Waals surface area (Å²) in [5.74, 6) is 0. The molecule has 2 aromatic heterocycles. The number of hydrogen-bond donors (Lipinski definition) is 0. The maximum atomic E-state index is 5.65. The topological polar surface area (TPSA) is 18.1 Å². The van der Waals surface area contributed by atoms with E-state index in [0.717, 1.165) is 24.1 Å². The van der Waals surface area contributed by atoms with Gasteiger partial charge in [-0.15, -0.1) is 0 Å². The van der Waals surface area contributed by atoms with Crippen LogP contribution in [-0.2, 0) is 13.0 Å². The Labute approximate surface area is 362 Å². The smallest absolute Gasteiger partial charge is 0.135 e. The van der Waals surface area contributed by atoms with Crippen LogP contribution in [0.4, 0.5) is 0 Å². The molecule has 0 fully saturated rings. The van der Waals surface area contributed by atoms with Gasteiger partial charge in [0, 0.05) is 39.1 Å². The molecule has 0 saturated heterocycles. The van der Waals surface area contributed by atoms with Crippen LogP contribution in [0.2, 0.25) is 0 Å². The van der Waals surface area contributed by atoms with Crippen LogP contribution in [0.5, 0.6) is 0 Å². The Hall–Kier alpha value is -5.08. The molecule has 0 spiro atoms. The third kappa shape index (κ3) is 16.6. The highest BCUT2D eigenvalue weighted by Gasteiger charge is 2.16. The molecule has 322 valence electrons. The van der Waals surface area contributed by atoms with Gasteiger partial charge in [0.2, 0.25) is 0 Å². The molecule has 0 amide bonds. The minimum absolute atomic E-state index is 0.962. The van der Waals surface area contributed by atoms with Gasteiger partial charge in [0.25, 0.3) is 0 Å². The van der Waals surface area contributed by atoms with Gasteiger partial charge in [0.1, 0.15) is 11.2 Å². The number of fused-ring (bicyclic) bond motifs is 9. The summed E-state index contributed by atoms with van der Waals surface area (Å²) in [4.78, 5) is 0. The van der Waals surface area contributed by atoms with Crippen molar-refractivity contribution in [1.29, 1.82) is 0 Å². The molecule has 0 bridgehead atoms. The first-order valence-corrected chi connectivity index (χ1v) is 23.1. The molecule has 0 unspecified atom stereocenters. The Balaban J connectivity index is 0. The van der Waals surface area contributed by atoms with E-state index in [0.29, 0.717) is 0 Å². The number of furan rings is 1. The van der Waals surface area contributed by atoms with Crippen LogP contribution in [0.25, 0.3) is 54.9 Å². The lowest BCUT2D eigenvalue weighted by Gasteiger charge is -2.01. The summed E-state index contributed by atoms with van der Waals surface area (Å²) in [6.07, 6.45) is 3.60. The summed E-state index contributed by atoms with van der Waals surface area (Å²) >= 11 is 0. The zero-order valence-corrected chi connectivity index (χ0v) is 40.5. The second-order valence-corrected chi connectivity index (χ2v) is 11.8. The molecule has 0 radical (unpaired) electrons. The zero-order valence-electron chi connectivity index (χ0n) is 40.5. The average Bonchev–Trinajstić information content (AvgIpc) is 4.01. The molecule has 2 heteroatoms. The second-order valence-electron chi connectivity index (χ2n) is 11.8. The van der Waals surface area contributed by atoms with Gasteiger partial charge in [-0.05, 0) is 59.9 Å². The summed E-state index contributed by atoms with van der Waals surface area (Å²) in [7, 11) is 0. The van der Waals surface area contributed by atoms with Crippen LogP contribution in [0, 0.1) is 0 Å². The molecule has 59 heavy (non-hydrogen) atoms. The standard InChI is InChI=1S/C14H13N.C13H10.C12H8O.2C3H8.6C2H6/c1-2-15-13-9-5-3-7-11(13)12-8-4-6-10-14(12)15;1-3-7-12-10(5-1)9-11-6-2-4-8-13(11)12;1-3-7-11-9(5-1)10-6-2-4-8-12(10)13-11;2*1-3-2;6*1-2/h3-10H,2H2,1H3;1-8H,9H2;1-8H;2*3H2,1-2H3;6*1-2H3. The average molecular weight is 798 g/mol. The Morgan fingerprint density at radius 3 is 0.966 bits per heavy atom. The monoisotopic (exact) mass is 798 g/mol. The molecule has 2 nitrogen and oxygen atoms in total. The van der Waals surface area contributed by atoms with Gasteiger partial charge in [-0.2, -0.15) is 0 Å². The van der Waals surface area contributed by atoms with E-state index >= 15 is 0 Å². The Morgan fingerprint density at radius 1 is 0.356 bits per heavy atom. The number of rotatable bonds is 1. The van der Waals surface area contributed by atoms with Gasteiger partial charge in [-0.25, -0.2) is 0 Å².